The molecule has 126 valence electrons. The third-order valence-corrected chi connectivity index (χ3v) is 4.00. The number of methoxy groups -OCH3 is 1. The van der Waals surface area contributed by atoms with E-state index < -0.39 is 24.7 Å². The fourth-order valence-electron chi connectivity index (χ4n) is 2.90. The number of carbonyl (C=O) groups is 1. The van der Waals surface area contributed by atoms with Crippen LogP contribution in [0.15, 0.2) is 42.6 Å². The van der Waals surface area contributed by atoms with Gasteiger partial charge in [0.15, 0.2) is 0 Å². The minimum absolute atomic E-state index is 0.312. The number of rotatable bonds is 3. The number of amides is 1. The molecule has 0 aliphatic carbocycles. The minimum atomic E-state index is -4.47. The second kappa shape index (κ2) is 6.14. The zero-order chi connectivity index (χ0) is 17.3. The number of hydrogen-bond acceptors (Lipinski definition) is 3. The number of benzene rings is 1. The zero-order valence-corrected chi connectivity index (χ0v) is 12.9. The predicted octanol–water partition coefficient (Wildman–Crippen LogP) is 3.39. The van der Waals surface area contributed by atoms with Crippen molar-refractivity contribution in [2.24, 2.45) is 0 Å². The topological polar surface area (TPSA) is 42.4 Å². The third kappa shape index (κ3) is 3.20. The highest BCUT2D eigenvalue weighted by molar-refractivity contribution is 5.97. The fraction of sp³-hybridized carbons (Fsp3) is 0.294. The van der Waals surface area contributed by atoms with Gasteiger partial charge in [-0.15, -0.1) is 0 Å². The van der Waals surface area contributed by atoms with Crippen LogP contribution < -0.4 is 4.74 Å². The van der Waals surface area contributed by atoms with Gasteiger partial charge in [0.1, 0.15) is 6.54 Å². The number of fused-ring (bicyclic) bond motifs is 1. The summed E-state index contributed by atoms with van der Waals surface area (Å²) >= 11 is 0. The van der Waals surface area contributed by atoms with Crippen molar-refractivity contribution in [2.75, 3.05) is 13.7 Å². The average molecular weight is 336 g/mol. The van der Waals surface area contributed by atoms with E-state index in [4.69, 9.17) is 4.74 Å². The first-order valence-corrected chi connectivity index (χ1v) is 7.34. The molecule has 0 unspecified atom stereocenters. The minimum Gasteiger partial charge on any atom is -0.481 e. The lowest BCUT2D eigenvalue weighted by molar-refractivity contribution is -0.145. The van der Waals surface area contributed by atoms with E-state index in [0.29, 0.717) is 23.4 Å². The first-order chi connectivity index (χ1) is 11.4. The molecule has 1 aliphatic rings. The second-order valence-electron chi connectivity index (χ2n) is 5.56. The van der Waals surface area contributed by atoms with Crippen LogP contribution in [0.4, 0.5) is 13.2 Å². The highest BCUT2D eigenvalue weighted by Crippen LogP contribution is 2.35. The molecular formula is C17H15F3N2O2. The Bertz CT molecular complexity index is 744. The number of pyridine rings is 1. The quantitative estimate of drug-likeness (QED) is 0.863. The van der Waals surface area contributed by atoms with Gasteiger partial charge in [-0.1, -0.05) is 24.3 Å². The van der Waals surface area contributed by atoms with Gasteiger partial charge in [-0.2, -0.15) is 13.2 Å². The molecular weight excluding hydrogens is 321 g/mol. The van der Waals surface area contributed by atoms with Gasteiger partial charge in [0.2, 0.25) is 5.88 Å². The smallest absolute Gasteiger partial charge is 0.406 e. The van der Waals surface area contributed by atoms with Crippen molar-refractivity contribution in [3.63, 3.8) is 0 Å². The number of aromatic nitrogens is 1. The highest BCUT2D eigenvalue weighted by atomic mass is 19.4. The number of hydrogen-bond donors (Lipinski definition) is 0. The number of nitrogens with zero attached hydrogens (tertiary/aromatic N) is 2. The molecule has 0 bridgehead atoms. The first-order valence-electron chi connectivity index (χ1n) is 7.34. The van der Waals surface area contributed by atoms with Gasteiger partial charge in [0.05, 0.1) is 13.2 Å². The maximum Gasteiger partial charge on any atom is 0.406 e. The van der Waals surface area contributed by atoms with Gasteiger partial charge in [-0.05, 0) is 23.6 Å². The van der Waals surface area contributed by atoms with Crippen molar-refractivity contribution >= 4 is 5.91 Å². The van der Waals surface area contributed by atoms with E-state index in [-0.39, 0.29) is 0 Å². The second-order valence-corrected chi connectivity index (χ2v) is 5.56. The van der Waals surface area contributed by atoms with Crippen LogP contribution in [0.1, 0.15) is 27.5 Å². The summed E-state index contributed by atoms with van der Waals surface area (Å²) in [6.45, 7) is -1.29. The lowest BCUT2D eigenvalue weighted by Crippen LogP contribution is -2.45. The van der Waals surface area contributed by atoms with Crippen LogP contribution in [-0.2, 0) is 6.42 Å². The van der Waals surface area contributed by atoms with E-state index in [1.807, 2.05) is 0 Å². The number of carbonyl (C=O) groups excluding carboxylic acids is 1. The molecule has 1 aliphatic heterocycles. The predicted molar refractivity (Wildman–Crippen MR) is 80.8 cm³/mol. The number of halogens is 3. The van der Waals surface area contributed by atoms with E-state index in [2.05, 4.69) is 4.98 Å². The molecule has 0 radical (unpaired) electrons. The zero-order valence-electron chi connectivity index (χ0n) is 12.9. The number of ether oxygens (including phenoxy) is 1. The lowest BCUT2D eigenvalue weighted by atomic mass is 9.90. The molecule has 1 amide bonds. The van der Waals surface area contributed by atoms with Gasteiger partial charge in [-0.25, -0.2) is 4.98 Å². The summed E-state index contributed by atoms with van der Waals surface area (Å²) in [4.78, 5) is 17.5. The van der Waals surface area contributed by atoms with Crippen molar-refractivity contribution in [1.29, 1.82) is 0 Å². The molecule has 0 saturated heterocycles. The molecule has 1 atom stereocenters. The molecule has 0 fully saturated rings. The van der Waals surface area contributed by atoms with Crippen molar-refractivity contribution in [3.05, 3.63) is 59.3 Å². The van der Waals surface area contributed by atoms with Crippen LogP contribution in [0.2, 0.25) is 0 Å². The largest absolute Gasteiger partial charge is 0.481 e. The van der Waals surface area contributed by atoms with Crippen LogP contribution in [0.25, 0.3) is 0 Å². The van der Waals surface area contributed by atoms with Crippen LogP contribution in [0, 0.1) is 0 Å². The molecule has 0 N–H and O–H groups in total. The van der Waals surface area contributed by atoms with E-state index in [9.17, 15) is 18.0 Å². The molecule has 24 heavy (non-hydrogen) atoms. The summed E-state index contributed by atoms with van der Waals surface area (Å²) in [7, 11) is 1.46. The average Bonchev–Trinajstić information content (AvgIpc) is 2.56. The monoisotopic (exact) mass is 336 g/mol. The summed E-state index contributed by atoms with van der Waals surface area (Å²) in [6.07, 6.45) is -2.71. The van der Waals surface area contributed by atoms with Crippen molar-refractivity contribution in [1.82, 2.24) is 9.88 Å². The third-order valence-electron chi connectivity index (χ3n) is 4.00. The van der Waals surface area contributed by atoms with Gasteiger partial charge >= 0.3 is 6.18 Å². The van der Waals surface area contributed by atoms with Crippen LogP contribution in [-0.4, -0.2) is 35.6 Å². The van der Waals surface area contributed by atoms with Crippen LogP contribution >= 0.6 is 0 Å². The normalized spacial score (nSPS) is 17.6. The van der Waals surface area contributed by atoms with E-state index in [0.717, 1.165) is 10.5 Å². The molecule has 2 aromatic rings. The molecule has 7 heteroatoms. The maximum absolute atomic E-state index is 13.0. The maximum atomic E-state index is 13.0. The molecule has 1 aromatic carbocycles. The summed E-state index contributed by atoms with van der Waals surface area (Å²) < 4.78 is 43.9. The van der Waals surface area contributed by atoms with Crippen LogP contribution in [0.3, 0.4) is 0 Å². The van der Waals surface area contributed by atoms with E-state index in [1.54, 1.807) is 36.4 Å². The lowest BCUT2D eigenvalue weighted by Gasteiger charge is -2.37. The van der Waals surface area contributed by atoms with Crippen molar-refractivity contribution < 1.29 is 22.7 Å². The SMILES string of the molecule is COc1ccc([C@@H]2Cc3ccccc3C(=O)N2CC(F)(F)F)cn1. The van der Waals surface area contributed by atoms with Crippen molar-refractivity contribution in [3.8, 4) is 5.88 Å². The Labute approximate surface area is 136 Å². The van der Waals surface area contributed by atoms with Gasteiger partial charge in [0.25, 0.3) is 5.91 Å². The molecule has 3 rings (SSSR count). The van der Waals surface area contributed by atoms with Gasteiger partial charge in [-0.3, -0.25) is 4.79 Å². The highest BCUT2D eigenvalue weighted by Gasteiger charge is 2.40. The molecule has 4 nitrogen and oxygen atoms in total. The molecule has 1 aromatic heterocycles. The Hall–Kier alpha value is -2.57. The summed E-state index contributed by atoms with van der Waals surface area (Å²) in [5.41, 5.74) is 1.60. The van der Waals surface area contributed by atoms with Gasteiger partial charge < -0.3 is 9.64 Å². The van der Waals surface area contributed by atoms with E-state index >= 15 is 0 Å². The van der Waals surface area contributed by atoms with E-state index in [1.165, 1.54) is 13.3 Å². The Morgan fingerprint density at radius 1 is 1.25 bits per heavy atom. The first kappa shape index (κ1) is 16.3. The standard InChI is InChI=1S/C17H15F3N2O2/c1-24-15-7-6-12(9-21-15)14-8-11-4-2-3-5-13(11)16(23)22(14)10-17(18,19)20/h2-7,9,14H,8,10H2,1H3/t14-/m0/s1. The summed E-state index contributed by atoms with van der Waals surface area (Å²) in [5.74, 6) is -0.251. The Morgan fingerprint density at radius 2 is 2.00 bits per heavy atom. The van der Waals surface area contributed by atoms with Gasteiger partial charge in [0, 0.05) is 17.8 Å². The Morgan fingerprint density at radius 3 is 2.62 bits per heavy atom. The summed E-state index contributed by atoms with van der Waals surface area (Å²) in [6, 6.07) is 9.25. The molecule has 0 saturated carbocycles. The molecule has 0 spiro atoms. The fourth-order valence-corrected chi connectivity index (χ4v) is 2.90. The van der Waals surface area contributed by atoms with Crippen molar-refractivity contribution in [2.45, 2.75) is 18.6 Å². The summed E-state index contributed by atoms with van der Waals surface area (Å²) in [5, 5.41) is 0. The Balaban J connectivity index is 2.01. The van der Waals surface area contributed by atoms with Crippen LogP contribution in [0.5, 0.6) is 5.88 Å². The number of alkyl halides is 3. The molecule has 2 heterocycles. The Kier molecular flexibility index (Phi) is 4.17.